The Kier molecular flexibility index (Phi) is 7.87. The average Bonchev–Trinajstić information content (AvgIpc) is 2.33. The molecule has 1 rings (SSSR count). The van der Waals surface area contributed by atoms with Crippen molar-refractivity contribution in [2.45, 2.75) is 77.4 Å². The highest BCUT2D eigenvalue weighted by atomic mass is 16.5. The van der Waals surface area contributed by atoms with Gasteiger partial charge in [-0.2, -0.15) is 0 Å². The lowest BCUT2D eigenvalue weighted by Gasteiger charge is -2.32. The van der Waals surface area contributed by atoms with Gasteiger partial charge >= 0.3 is 0 Å². The molecule has 0 aromatic heterocycles. The van der Waals surface area contributed by atoms with E-state index in [2.05, 4.69) is 19.2 Å². The lowest BCUT2D eigenvalue weighted by molar-refractivity contribution is 0.00361. The number of rotatable bonds is 8. The molecule has 2 heteroatoms. The molecule has 1 saturated carbocycles. The Hall–Kier alpha value is -0.0800. The predicted molar refractivity (Wildman–Crippen MR) is 69.8 cm³/mol. The minimum absolute atomic E-state index is 0.483. The molecule has 1 N–H and O–H groups in total. The highest BCUT2D eigenvalue weighted by Gasteiger charge is 2.24. The summed E-state index contributed by atoms with van der Waals surface area (Å²) in [5.74, 6) is 0. The summed E-state index contributed by atoms with van der Waals surface area (Å²) in [5, 5.41) is 3.64. The van der Waals surface area contributed by atoms with Crippen LogP contribution in [0.1, 0.15) is 65.2 Å². The molecular weight excluding hydrogens is 198 g/mol. The minimum Gasteiger partial charge on any atom is -0.377 e. The van der Waals surface area contributed by atoms with Crippen molar-refractivity contribution in [3.63, 3.8) is 0 Å². The van der Waals surface area contributed by atoms with E-state index in [-0.39, 0.29) is 0 Å². The summed E-state index contributed by atoms with van der Waals surface area (Å²) >= 11 is 0. The van der Waals surface area contributed by atoms with E-state index in [1.54, 1.807) is 0 Å². The van der Waals surface area contributed by atoms with Crippen LogP contribution in [0.15, 0.2) is 0 Å². The van der Waals surface area contributed by atoms with Crippen molar-refractivity contribution in [2.75, 3.05) is 13.2 Å². The first-order valence-electron chi connectivity index (χ1n) is 7.23. The van der Waals surface area contributed by atoms with Crippen LogP contribution >= 0.6 is 0 Å². The first kappa shape index (κ1) is 14.0. The number of ether oxygens (including phenoxy) is 1. The van der Waals surface area contributed by atoms with Crippen LogP contribution in [0.4, 0.5) is 0 Å². The molecule has 0 heterocycles. The van der Waals surface area contributed by atoms with E-state index < -0.39 is 0 Å². The van der Waals surface area contributed by atoms with Crippen molar-refractivity contribution in [1.29, 1.82) is 0 Å². The second-order valence-corrected chi connectivity index (χ2v) is 4.96. The topological polar surface area (TPSA) is 21.3 Å². The zero-order valence-electron chi connectivity index (χ0n) is 11.1. The monoisotopic (exact) mass is 227 g/mol. The zero-order chi connectivity index (χ0) is 11.6. The largest absolute Gasteiger partial charge is 0.377 e. The van der Waals surface area contributed by atoms with Crippen LogP contribution in [-0.2, 0) is 4.74 Å². The van der Waals surface area contributed by atoms with Crippen molar-refractivity contribution in [3.05, 3.63) is 0 Å². The van der Waals surface area contributed by atoms with Gasteiger partial charge in [0, 0.05) is 12.6 Å². The Morgan fingerprint density at radius 2 is 1.88 bits per heavy atom. The summed E-state index contributed by atoms with van der Waals surface area (Å²) in [4.78, 5) is 0. The first-order chi connectivity index (χ1) is 7.88. The standard InChI is InChI=1S/C14H29NO/c1-3-5-8-12-16-14-10-7-6-9-13(14)15-11-4-2/h13-15H,3-12H2,1-2H3. The second kappa shape index (κ2) is 9.00. The smallest absolute Gasteiger partial charge is 0.0728 e. The Morgan fingerprint density at radius 1 is 1.06 bits per heavy atom. The van der Waals surface area contributed by atoms with E-state index in [4.69, 9.17) is 4.74 Å². The molecule has 1 aliphatic rings. The van der Waals surface area contributed by atoms with Crippen LogP contribution < -0.4 is 5.32 Å². The molecule has 16 heavy (non-hydrogen) atoms. The van der Waals surface area contributed by atoms with E-state index in [0.29, 0.717) is 12.1 Å². The summed E-state index contributed by atoms with van der Waals surface area (Å²) in [5.41, 5.74) is 0. The van der Waals surface area contributed by atoms with Crippen molar-refractivity contribution < 1.29 is 4.74 Å². The fourth-order valence-corrected chi connectivity index (χ4v) is 2.45. The van der Waals surface area contributed by atoms with Gasteiger partial charge in [-0.15, -0.1) is 0 Å². The Balaban J connectivity index is 2.18. The Labute approximate surface area is 101 Å². The maximum atomic E-state index is 6.03. The van der Waals surface area contributed by atoms with Gasteiger partial charge in [-0.1, -0.05) is 39.5 Å². The van der Waals surface area contributed by atoms with E-state index in [1.165, 1.54) is 51.4 Å². The first-order valence-corrected chi connectivity index (χ1v) is 7.23. The third kappa shape index (κ3) is 5.31. The molecule has 0 amide bonds. The van der Waals surface area contributed by atoms with Gasteiger partial charge in [0.1, 0.15) is 0 Å². The maximum absolute atomic E-state index is 6.03. The number of unbranched alkanes of at least 4 members (excludes halogenated alkanes) is 2. The highest BCUT2D eigenvalue weighted by molar-refractivity contribution is 4.81. The molecule has 2 atom stereocenters. The van der Waals surface area contributed by atoms with Gasteiger partial charge in [0.2, 0.25) is 0 Å². The van der Waals surface area contributed by atoms with Crippen molar-refractivity contribution in [3.8, 4) is 0 Å². The summed E-state index contributed by atoms with van der Waals surface area (Å²) in [7, 11) is 0. The van der Waals surface area contributed by atoms with Crippen molar-refractivity contribution in [2.24, 2.45) is 0 Å². The SMILES string of the molecule is CCCCCOC1CCCCC1NCCC. The average molecular weight is 227 g/mol. The zero-order valence-corrected chi connectivity index (χ0v) is 11.1. The van der Waals surface area contributed by atoms with Gasteiger partial charge in [0.05, 0.1) is 6.10 Å². The molecule has 0 aromatic rings. The lowest BCUT2D eigenvalue weighted by atomic mass is 9.92. The van der Waals surface area contributed by atoms with E-state index >= 15 is 0 Å². The molecule has 0 aliphatic heterocycles. The van der Waals surface area contributed by atoms with E-state index in [0.717, 1.165) is 13.2 Å². The second-order valence-electron chi connectivity index (χ2n) is 4.96. The normalized spacial score (nSPS) is 25.9. The molecule has 96 valence electrons. The summed E-state index contributed by atoms with van der Waals surface area (Å²) in [6, 6.07) is 0.621. The minimum atomic E-state index is 0.483. The van der Waals surface area contributed by atoms with Crippen LogP contribution in [0.2, 0.25) is 0 Å². The third-order valence-electron chi connectivity index (χ3n) is 3.44. The van der Waals surface area contributed by atoms with Gasteiger partial charge in [-0.25, -0.2) is 0 Å². The predicted octanol–water partition coefficient (Wildman–Crippen LogP) is 3.50. The molecule has 2 unspecified atom stereocenters. The quantitative estimate of drug-likeness (QED) is 0.641. The summed E-state index contributed by atoms with van der Waals surface area (Å²) in [6.45, 7) is 6.57. The molecule has 0 radical (unpaired) electrons. The van der Waals surface area contributed by atoms with Crippen molar-refractivity contribution in [1.82, 2.24) is 5.32 Å². The van der Waals surface area contributed by atoms with Gasteiger partial charge in [0.15, 0.2) is 0 Å². The third-order valence-corrected chi connectivity index (χ3v) is 3.44. The lowest BCUT2D eigenvalue weighted by Crippen LogP contribution is -2.44. The maximum Gasteiger partial charge on any atom is 0.0728 e. The molecule has 1 aliphatic carbocycles. The fraction of sp³-hybridized carbons (Fsp3) is 1.00. The van der Waals surface area contributed by atoms with Gasteiger partial charge in [-0.05, 0) is 32.2 Å². The van der Waals surface area contributed by atoms with Gasteiger partial charge in [-0.3, -0.25) is 0 Å². The molecule has 2 nitrogen and oxygen atoms in total. The van der Waals surface area contributed by atoms with E-state index in [9.17, 15) is 0 Å². The van der Waals surface area contributed by atoms with Crippen LogP contribution in [0, 0.1) is 0 Å². The van der Waals surface area contributed by atoms with Gasteiger partial charge < -0.3 is 10.1 Å². The molecule has 0 saturated heterocycles. The molecular formula is C14H29NO. The summed E-state index contributed by atoms with van der Waals surface area (Å²) < 4.78 is 6.03. The molecule has 0 aromatic carbocycles. The van der Waals surface area contributed by atoms with Crippen molar-refractivity contribution >= 4 is 0 Å². The Morgan fingerprint density at radius 3 is 2.62 bits per heavy atom. The fourth-order valence-electron chi connectivity index (χ4n) is 2.45. The van der Waals surface area contributed by atoms with Crippen LogP contribution in [0.5, 0.6) is 0 Å². The van der Waals surface area contributed by atoms with Gasteiger partial charge in [0.25, 0.3) is 0 Å². The summed E-state index contributed by atoms with van der Waals surface area (Å²) in [6.07, 6.45) is 10.8. The number of nitrogens with one attached hydrogen (secondary N) is 1. The van der Waals surface area contributed by atoms with Crippen LogP contribution in [0.25, 0.3) is 0 Å². The van der Waals surface area contributed by atoms with E-state index in [1.807, 2.05) is 0 Å². The van der Waals surface area contributed by atoms with Crippen LogP contribution in [0.3, 0.4) is 0 Å². The molecule has 1 fully saturated rings. The number of hydrogen-bond acceptors (Lipinski definition) is 2. The molecule has 0 bridgehead atoms. The van der Waals surface area contributed by atoms with Crippen LogP contribution in [-0.4, -0.2) is 25.3 Å². The Bertz CT molecular complexity index is 161. The molecule has 0 spiro atoms. The number of hydrogen-bond donors (Lipinski definition) is 1. The highest BCUT2D eigenvalue weighted by Crippen LogP contribution is 2.21.